The van der Waals surface area contributed by atoms with Gasteiger partial charge in [0.1, 0.15) is 17.3 Å². The lowest BCUT2D eigenvalue weighted by molar-refractivity contribution is 0.225. The molecule has 3 N–H and O–H groups in total. The predicted molar refractivity (Wildman–Crippen MR) is 93.9 cm³/mol. The third-order valence-electron chi connectivity index (χ3n) is 4.15. The number of rotatable bonds is 3. The van der Waals surface area contributed by atoms with Crippen LogP contribution in [0.2, 0.25) is 0 Å². The number of thiophene rings is 1. The minimum absolute atomic E-state index is 0.152. The molecule has 118 valence electrons. The second-order valence-electron chi connectivity index (χ2n) is 5.78. The Morgan fingerprint density at radius 1 is 1.35 bits per heavy atom. The van der Waals surface area contributed by atoms with Crippen molar-refractivity contribution in [1.82, 2.24) is 15.3 Å². The van der Waals surface area contributed by atoms with Gasteiger partial charge in [-0.1, -0.05) is 6.07 Å². The van der Waals surface area contributed by atoms with Crippen molar-refractivity contribution in [3.63, 3.8) is 0 Å². The highest BCUT2D eigenvalue weighted by atomic mass is 32.1. The zero-order valence-corrected chi connectivity index (χ0v) is 13.7. The predicted octanol–water partition coefficient (Wildman–Crippen LogP) is 2.99. The standard InChI is InChI=1S/C17H18N4OS/c1-10-8-23-17-14(10)15(20-9-21-17)12-3-2-4-13(18)16(12)22-11-5-6-19-7-11/h2-4,8-9,11,19H,5-7,18H2,1H3. The highest BCUT2D eigenvalue weighted by Gasteiger charge is 2.21. The molecule has 0 aliphatic carbocycles. The third kappa shape index (κ3) is 2.54. The summed E-state index contributed by atoms with van der Waals surface area (Å²) < 4.78 is 6.21. The first kappa shape index (κ1) is 14.4. The number of hydrogen-bond acceptors (Lipinski definition) is 6. The van der Waals surface area contributed by atoms with Gasteiger partial charge in [-0.3, -0.25) is 0 Å². The summed E-state index contributed by atoms with van der Waals surface area (Å²) in [6, 6.07) is 5.84. The fourth-order valence-electron chi connectivity index (χ4n) is 2.99. The van der Waals surface area contributed by atoms with Crippen LogP contribution in [0.3, 0.4) is 0 Å². The van der Waals surface area contributed by atoms with E-state index < -0.39 is 0 Å². The van der Waals surface area contributed by atoms with Crippen molar-refractivity contribution in [3.8, 4) is 17.0 Å². The monoisotopic (exact) mass is 326 g/mol. The van der Waals surface area contributed by atoms with Gasteiger partial charge in [0.15, 0.2) is 5.75 Å². The maximum Gasteiger partial charge on any atom is 0.152 e. The SMILES string of the molecule is Cc1csc2ncnc(-c3cccc(N)c3OC3CCNC3)c12. The summed E-state index contributed by atoms with van der Waals surface area (Å²) in [5.74, 6) is 0.729. The van der Waals surface area contributed by atoms with Crippen LogP contribution < -0.4 is 15.8 Å². The molecule has 2 aromatic heterocycles. The van der Waals surface area contributed by atoms with Crippen molar-refractivity contribution in [2.75, 3.05) is 18.8 Å². The summed E-state index contributed by atoms with van der Waals surface area (Å²) in [5, 5.41) is 6.50. The summed E-state index contributed by atoms with van der Waals surface area (Å²) in [5.41, 5.74) is 9.86. The van der Waals surface area contributed by atoms with Gasteiger partial charge in [0.2, 0.25) is 0 Å². The van der Waals surface area contributed by atoms with E-state index in [1.807, 2.05) is 18.2 Å². The third-order valence-corrected chi connectivity index (χ3v) is 5.16. The quantitative estimate of drug-likeness (QED) is 0.724. The summed E-state index contributed by atoms with van der Waals surface area (Å²) in [6.07, 6.45) is 2.75. The number of nitrogens with one attached hydrogen (secondary N) is 1. The van der Waals surface area contributed by atoms with Crippen LogP contribution in [0.25, 0.3) is 21.5 Å². The maximum atomic E-state index is 6.21. The first-order chi connectivity index (χ1) is 11.2. The van der Waals surface area contributed by atoms with Crippen molar-refractivity contribution in [3.05, 3.63) is 35.5 Å². The molecule has 5 nitrogen and oxygen atoms in total. The summed E-state index contributed by atoms with van der Waals surface area (Å²) >= 11 is 1.63. The Morgan fingerprint density at radius 3 is 3.09 bits per heavy atom. The highest BCUT2D eigenvalue weighted by Crippen LogP contribution is 2.39. The van der Waals surface area contributed by atoms with Gasteiger partial charge < -0.3 is 15.8 Å². The maximum absolute atomic E-state index is 6.21. The Morgan fingerprint density at radius 2 is 2.26 bits per heavy atom. The zero-order chi connectivity index (χ0) is 15.8. The van der Waals surface area contributed by atoms with Crippen molar-refractivity contribution in [2.24, 2.45) is 0 Å². The number of anilines is 1. The molecular weight excluding hydrogens is 308 g/mol. The number of ether oxygens (including phenoxy) is 1. The molecule has 1 unspecified atom stereocenters. The van der Waals surface area contributed by atoms with E-state index in [1.165, 1.54) is 5.56 Å². The van der Waals surface area contributed by atoms with Crippen molar-refractivity contribution < 1.29 is 4.74 Å². The van der Waals surface area contributed by atoms with Gasteiger partial charge in [-0.15, -0.1) is 11.3 Å². The number of hydrogen-bond donors (Lipinski definition) is 2. The van der Waals surface area contributed by atoms with Gasteiger partial charge in [-0.25, -0.2) is 9.97 Å². The Balaban J connectivity index is 1.87. The topological polar surface area (TPSA) is 73.1 Å². The van der Waals surface area contributed by atoms with Crippen LogP contribution in [0.5, 0.6) is 5.75 Å². The minimum atomic E-state index is 0.152. The summed E-state index contributed by atoms with van der Waals surface area (Å²) in [4.78, 5) is 9.89. The number of aromatic nitrogens is 2. The molecule has 1 aromatic carbocycles. The fourth-order valence-corrected chi connectivity index (χ4v) is 3.88. The van der Waals surface area contributed by atoms with Crippen LogP contribution in [0.1, 0.15) is 12.0 Å². The molecule has 23 heavy (non-hydrogen) atoms. The molecule has 1 saturated heterocycles. The number of nitrogens with two attached hydrogens (primary N) is 1. The molecule has 6 heteroatoms. The van der Waals surface area contributed by atoms with Gasteiger partial charge in [-0.05, 0) is 43.0 Å². The second-order valence-corrected chi connectivity index (χ2v) is 6.64. The average molecular weight is 326 g/mol. The first-order valence-corrected chi connectivity index (χ1v) is 8.57. The molecule has 1 aliphatic rings. The lowest BCUT2D eigenvalue weighted by atomic mass is 10.0. The molecule has 3 aromatic rings. The summed E-state index contributed by atoms with van der Waals surface area (Å²) in [7, 11) is 0. The van der Waals surface area contributed by atoms with E-state index in [9.17, 15) is 0 Å². The molecule has 4 rings (SSSR count). The number of para-hydroxylation sites is 1. The first-order valence-electron chi connectivity index (χ1n) is 7.69. The van der Waals surface area contributed by atoms with E-state index in [0.717, 1.165) is 46.7 Å². The number of benzene rings is 1. The van der Waals surface area contributed by atoms with E-state index in [-0.39, 0.29) is 6.10 Å². The lowest BCUT2D eigenvalue weighted by Gasteiger charge is -2.18. The van der Waals surface area contributed by atoms with E-state index in [0.29, 0.717) is 5.69 Å². The normalized spacial score (nSPS) is 17.7. The van der Waals surface area contributed by atoms with Gasteiger partial charge in [0, 0.05) is 17.5 Å². The smallest absolute Gasteiger partial charge is 0.152 e. The molecule has 0 amide bonds. The van der Waals surface area contributed by atoms with Crippen LogP contribution in [0.15, 0.2) is 29.9 Å². The van der Waals surface area contributed by atoms with Crippen molar-refractivity contribution in [2.45, 2.75) is 19.4 Å². The van der Waals surface area contributed by atoms with Crippen molar-refractivity contribution >= 4 is 27.2 Å². The molecule has 1 aliphatic heterocycles. The van der Waals surface area contributed by atoms with Crippen LogP contribution in [-0.2, 0) is 0 Å². The molecule has 3 heterocycles. The Labute approximate surface area is 138 Å². The largest absolute Gasteiger partial charge is 0.486 e. The number of nitrogens with zero attached hydrogens (tertiary/aromatic N) is 2. The van der Waals surface area contributed by atoms with Crippen LogP contribution in [-0.4, -0.2) is 29.2 Å². The van der Waals surface area contributed by atoms with Crippen molar-refractivity contribution in [1.29, 1.82) is 0 Å². The van der Waals surface area contributed by atoms with E-state index >= 15 is 0 Å². The molecule has 1 fully saturated rings. The fraction of sp³-hybridized carbons (Fsp3) is 0.294. The Hall–Kier alpha value is -2.18. The number of aryl methyl sites for hydroxylation is 1. The van der Waals surface area contributed by atoms with Crippen LogP contribution in [0.4, 0.5) is 5.69 Å². The Kier molecular flexibility index (Phi) is 3.63. The van der Waals surface area contributed by atoms with E-state index in [2.05, 4.69) is 27.6 Å². The van der Waals surface area contributed by atoms with Gasteiger partial charge in [0.25, 0.3) is 0 Å². The molecule has 0 radical (unpaired) electrons. The Bertz CT molecular complexity index is 855. The molecule has 0 saturated carbocycles. The second kappa shape index (κ2) is 5.79. The minimum Gasteiger partial charge on any atom is -0.486 e. The molecule has 0 bridgehead atoms. The van der Waals surface area contributed by atoms with Gasteiger partial charge in [0.05, 0.1) is 11.4 Å². The zero-order valence-electron chi connectivity index (χ0n) is 12.9. The van der Waals surface area contributed by atoms with Crippen LogP contribution in [0, 0.1) is 6.92 Å². The summed E-state index contributed by atoms with van der Waals surface area (Å²) in [6.45, 7) is 3.91. The van der Waals surface area contributed by atoms with E-state index in [4.69, 9.17) is 10.5 Å². The van der Waals surface area contributed by atoms with E-state index in [1.54, 1.807) is 17.7 Å². The molecule has 0 spiro atoms. The molecular formula is C17H18N4OS. The highest BCUT2D eigenvalue weighted by molar-refractivity contribution is 7.17. The average Bonchev–Trinajstić information content (AvgIpc) is 3.20. The number of fused-ring (bicyclic) bond motifs is 1. The molecule has 1 atom stereocenters. The van der Waals surface area contributed by atoms with Gasteiger partial charge >= 0.3 is 0 Å². The van der Waals surface area contributed by atoms with Crippen LogP contribution >= 0.6 is 11.3 Å². The van der Waals surface area contributed by atoms with Gasteiger partial charge in [-0.2, -0.15) is 0 Å². The lowest BCUT2D eigenvalue weighted by Crippen LogP contribution is -2.20. The number of nitrogen functional groups attached to an aromatic ring is 1.